The van der Waals surface area contributed by atoms with Crippen LogP contribution in [0.5, 0.6) is 0 Å². The van der Waals surface area contributed by atoms with Gasteiger partial charge in [0.15, 0.2) is 6.29 Å². The van der Waals surface area contributed by atoms with E-state index in [9.17, 15) is 30.3 Å². The Morgan fingerprint density at radius 1 is 0.423 bits per heavy atom. The molecule has 1 aliphatic rings. The molecule has 0 radical (unpaired) electrons. The van der Waals surface area contributed by atoms with Gasteiger partial charge >= 0.3 is 0 Å². The van der Waals surface area contributed by atoms with E-state index >= 15 is 0 Å². The highest BCUT2D eigenvalue weighted by Crippen LogP contribution is 2.23. The third-order valence-electron chi connectivity index (χ3n) is 16.8. The number of allylic oxidation sites excluding steroid dienone is 3. The van der Waals surface area contributed by atoms with Crippen molar-refractivity contribution in [1.82, 2.24) is 5.32 Å². The van der Waals surface area contributed by atoms with E-state index in [1.165, 1.54) is 295 Å². The van der Waals surface area contributed by atoms with Gasteiger partial charge in [0.25, 0.3) is 0 Å². The lowest BCUT2D eigenvalue weighted by Crippen LogP contribution is -2.60. The van der Waals surface area contributed by atoms with Crippen LogP contribution in [0.4, 0.5) is 0 Å². The van der Waals surface area contributed by atoms with Crippen molar-refractivity contribution in [2.75, 3.05) is 13.2 Å². The van der Waals surface area contributed by atoms with Crippen LogP contribution in [-0.4, -0.2) is 87.5 Å². The Balaban J connectivity index is 2.12. The van der Waals surface area contributed by atoms with E-state index in [0.717, 1.165) is 38.5 Å². The molecule has 0 saturated carbocycles. The summed E-state index contributed by atoms with van der Waals surface area (Å²) in [5, 5.41) is 54.7. The first-order valence-electron chi connectivity index (χ1n) is 34.6. The molecule has 0 bridgehead atoms. The standard InChI is InChI=1S/C69H133NO8/c1-3-5-7-9-11-13-15-17-19-21-23-25-27-28-29-30-31-32-33-34-35-37-39-41-43-45-47-49-51-53-55-57-59-65(73)70-62(61-77-69-68(76)67(75)66(74)64(60-71)78-69)63(72)58-56-54-52-50-48-46-44-42-40-38-36-26-24-22-20-18-16-14-12-10-8-6-4-2/h28-29,56,58,62-64,66-69,71-72,74-76H,3-27,30-55,57,59-61H2,1-2H3,(H,70,73)/b29-28-,58-56+. The van der Waals surface area contributed by atoms with E-state index in [1.807, 2.05) is 6.08 Å². The van der Waals surface area contributed by atoms with E-state index in [0.29, 0.717) is 6.42 Å². The number of carbonyl (C=O) groups excluding carboxylic acids is 1. The minimum Gasteiger partial charge on any atom is -0.394 e. The fourth-order valence-electron chi connectivity index (χ4n) is 11.3. The molecule has 462 valence electrons. The lowest BCUT2D eigenvalue weighted by atomic mass is 9.99. The smallest absolute Gasteiger partial charge is 0.220 e. The van der Waals surface area contributed by atoms with Crippen LogP contribution >= 0.6 is 0 Å². The van der Waals surface area contributed by atoms with E-state index < -0.39 is 49.5 Å². The molecule has 78 heavy (non-hydrogen) atoms. The molecule has 7 atom stereocenters. The summed E-state index contributed by atoms with van der Waals surface area (Å²) in [6.07, 6.45) is 70.0. The van der Waals surface area contributed by atoms with Gasteiger partial charge < -0.3 is 40.3 Å². The Morgan fingerprint density at radius 3 is 1.04 bits per heavy atom. The van der Waals surface area contributed by atoms with Gasteiger partial charge in [-0.2, -0.15) is 0 Å². The molecule has 0 aromatic heterocycles. The molecule has 0 aliphatic carbocycles. The van der Waals surface area contributed by atoms with Crippen molar-refractivity contribution in [3.63, 3.8) is 0 Å². The predicted octanol–water partition coefficient (Wildman–Crippen LogP) is 18.5. The van der Waals surface area contributed by atoms with Crippen LogP contribution in [0.3, 0.4) is 0 Å². The largest absolute Gasteiger partial charge is 0.394 e. The first-order chi connectivity index (χ1) is 38.3. The van der Waals surface area contributed by atoms with Crippen LogP contribution in [0, 0.1) is 0 Å². The quantitative estimate of drug-likeness (QED) is 0.0261. The van der Waals surface area contributed by atoms with E-state index in [4.69, 9.17) is 9.47 Å². The van der Waals surface area contributed by atoms with Crippen LogP contribution < -0.4 is 5.32 Å². The van der Waals surface area contributed by atoms with Gasteiger partial charge in [0.2, 0.25) is 5.91 Å². The predicted molar refractivity (Wildman–Crippen MR) is 332 cm³/mol. The lowest BCUT2D eigenvalue weighted by Gasteiger charge is -2.40. The van der Waals surface area contributed by atoms with Crippen LogP contribution in [-0.2, 0) is 14.3 Å². The third kappa shape index (κ3) is 47.2. The second kappa shape index (κ2) is 58.9. The summed E-state index contributed by atoms with van der Waals surface area (Å²) < 4.78 is 11.3. The topological polar surface area (TPSA) is 149 Å². The van der Waals surface area contributed by atoms with Gasteiger partial charge in [0.05, 0.1) is 25.4 Å². The SMILES string of the molecule is CCCCCCCCCCCCCC/C=C\CCCCCCCCCCCCCCCCCCC(=O)NC(COC1OC(CO)C(O)C(O)C1O)C(O)/C=C/CCCCCCCCCCCCCCCCCCCCCCC. The highest BCUT2D eigenvalue weighted by atomic mass is 16.7. The Labute approximate surface area is 483 Å². The summed E-state index contributed by atoms with van der Waals surface area (Å²) >= 11 is 0. The molecule has 7 unspecified atom stereocenters. The molecule has 1 amide bonds. The Hall–Kier alpha value is -1.33. The molecular weight excluding hydrogens is 971 g/mol. The number of carbonyl (C=O) groups is 1. The Bertz CT molecular complexity index is 1280. The number of ether oxygens (including phenoxy) is 2. The van der Waals surface area contributed by atoms with Crippen molar-refractivity contribution in [3.05, 3.63) is 24.3 Å². The van der Waals surface area contributed by atoms with Crippen LogP contribution in [0.15, 0.2) is 24.3 Å². The number of nitrogens with one attached hydrogen (secondary N) is 1. The Kier molecular flexibility index (Phi) is 56.3. The second-order valence-corrected chi connectivity index (χ2v) is 24.3. The maximum Gasteiger partial charge on any atom is 0.220 e. The van der Waals surface area contributed by atoms with Crippen LogP contribution in [0.1, 0.15) is 354 Å². The second-order valence-electron chi connectivity index (χ2n) is 24.3. The van der Waals surface area contributed by atoms with Crippen molar-refractivity contribution in [2.24, 2.45) is 0 Å². The van der Waals surface area contributed by atoms with Gasteiger partial charge in [-0.25, -0.2) is 0 Å². The number of unbranched alkanes of at least 4 members (excludes halogenated alkanes) is 49. The average Bonchev–Trinajstić information content (AvgIpc) is 3.45. The summed E-state index contributed by atoms with van der Waals surface area (Å²) in [5.41, 5.74) is 0. The van der Waals surface area contributed by atoms with Crippen LogP contribution in [0.2, 0.25) is 0 Å². The molecule has 9 heteroatoms. The van der Waals surface area contributed by atoms with Crippen molar-refractivity contribution < 1.29 is 39.8 Å². The fourth-order valence-corrected chi connectivity index (χ4v) is 11.3. The summed E-state index contributed by atoms with van der Waals surface area (Å²) in [6.45, 7) is 3.84. The van der Waals surface area contributed by atoms with Gasteiger partial charge in [-0.05, 0) is 44.9 Å². The minimum absolute atomic E-state index is 0.169. The zero-order valence-electron chi connectivity index (χ0n) is 51.7. The number of hydrogen-bond acceptors (Lipinski definition) is 8. The zero-order valence-corrected chi connectivity index (χ0v) is 51.7. The summed E-state index contributed by atoms with van der Waals surface area (Å²) in [6, 6.07) is -0.804. The normalized spacial score (nSPS) is 18.7. The Morgan fingerprint density at radius 2 is 0.718 bits per heavy atom. The average molecular weight is 1100 g/mol. The summed E-state index contributed by atoms with van der Waals surface area (Å²) in [4.78, 5) is 13.1. The lowest BCUT2D eigenvalue weighted by molar-refractivity contribution is -0.302. The molecule has 1 saturated heterocycles. The fraction of sp³-hybridized carbons (Fsp3) is 0.928. The number of rotatable bonds is 61. The van der Waals surface area contributed by atoms with Crippen LogP contribution in [0.25, 0.3) is 0 Å². The van der Waals surface area contributed by atoms with Crippen molar-refractivity contribution >= 4 is 5.91 Å². The first-order valence-corrected chi connectivity index (χ1v) is 34.6. The third-order valence-corrected chi connectivity index (χ3v) is 16.8. The van der Waals surface area contributed by atoms with Gasteiger partial charge in [0.1, 0.15) is 24.4 Å². The van der Waals surface area contributed by atoms with Crippen molar-refractivity contribution in [1.29, 1.82) is 0 Å². The molecule has 0 aromatic rings. The molecule has 1 heterocycles. The summed E-state index contributed by atoms with van der Waals surface area (Å²) in [5.74, 6) is -0.169. The summed E-state index contributed by atoms with van der Waals surface area (Å²) in [7, 11) is 0. The van der Waals surface area contributed by atoms with Gasteiger partial charge in [-0.15, -0.1) is 0 Å². The van der Waals surface area contributed by atoms with Gasteiger partial charge in [0, 0.05) is 6.42 Å². The van der Waals surface area contributed by atoms with E-state index in [1.54, 1.807) is 6.08 Å². The molecule has 1 fully saturated rings. The molecule has 0 aromatic carbocycles. The monoisotopic (exact) mass is 1100 g/mol. The molecule has 1 aliphatic heterocycles. The number of amides is 1. The zero-order chi connectivity index (χ0) is 56.5. The van der Waals surface area contributed by atoms with Crippen molar-refractivity contribution in [3.8, 4) is 0 Å². The number of aliphatic hydroxyl groups is 5. The van der Waals surface area contributed by atoms with Gasteiger partial charge in [-0.1, -0.05) is 327 Å². The number of hydrogen-bond donors (Lipinski definition) is 6. The first kappa shape index (κ1) is 74.7. The molecule has 0 spiro atoms. The minimum atomic E-state index is -1.57. The molecule has 6 N–H and O–H groups in total. The van der Waals surface area contributed by atoms with Gasteiger partial charge in [-0.3, -0.25) is 4.79 Å². The van der Waals surface area contributed by atoms with E-state index in [2.05, 4.69) is 31.3 Å². The highest BCUT2D eigenvalue weighted by molar-refractivity contribution is 5.76. The van der Waals surface area contributed by atoms with E-state index in [-0.39, 0.29) is 12.5 Å². The maximum atomic E-state index is 13.1. The number of aliphatic hydroxyl groups excluding tert-OH is 5. The molecule has 1 rings (SSSR count). The molecular formula is C69H133NO8. The highest BCUT2D eigenvalue weighted by Gasteiger charge is 2.44. The maximum absolute atomic E-state index is 13.1. The molecule has 9 nitrogen and oxygen atoms in total. The van der Waals surface area contributed by atoms with Crippen molar-refractivity contribution in [2.45, 2.75) is 397 Å².